The number of phenols is 1. The van der Waals surface area contributed by atoms with Crippen LogP contribution in [0.25, 0.3) is 22.3 Å². The van der Waals surface area contributed by atoms with Crippen LogP contribution in [-0.4, -0.2) is 30.0 Å². The van der Waals surface area contributed by atoms with E-state index in [1.54, 1.807) is 12.1 Å². The van der Waals surface area contributed by atoms with Crippen molar-refractivity contribution in [1.82, 2.24) is 9.38 Å². The predicted octanol–water partition coefficient (Wildman–Crippen LogP) is 3.00. The molecule has 154 valence electrons. The maximum atomic E-state index is 13.3. The van der Waals surface area contributed by atoms with Crippen molar-refractivity contribution in [2.75, 3.05) is 7.11 Å². The van der Waals surface area contributed by atoms with Crippen LogP contribution in [0, 0.1) is 0 Å². The predicted molar refractivity (Wildman–Crippen MR) is 112 cm³/mol. The summed E-state index contributed by atoms with van der Waals surface area (Å²) in [6.07, 6.45) is 3.05. The molecule has 7 nitrogen and oxygen atoms in total. The van der Waals surface area contributed by atoms with Gasteiger partial charge in [-0.05, 0) is 35.9 Å². The summed E-state index contributed by atoms with van der Waals surface area (Å²) in [4.78, 5) is 17.0. The van der Waals surface area contributed by atoms with Crippen LogP contribution in [0.4, 0.5) is 3.89 Å². The molecular weight excluding hydrogens is 455 g/mol. The number of nitrogens with zero attached hydrogens (tertiary/aromatic N) is 2. The number of hydrogen-bond donors (Lipinski definition) is 1. The first-order chi connectivity index (χ1) is 14.2. The van der Waals surface area contributed by atoms with Crippen molar-refractivity contribution < 1.29 is 22.1 Å². The molecule has 0 aliphatic rings. The van der Waals surface area contributed by atoms with E-state index in [1.165, 1.54) is 35.9 Å². The first-order valence-corrected chi connectivity index (χ1v) is 10.9. The molecule has 2 aromatic heterocycles. The second-order valence-electron chi connectivity index (χ2n) is 6.21. The Morgan fingerprint density at radius 3 is 2.73 bits per heavy atom. The Labute approximate surface area is 178 Å². The molecule has 11 heteroatoms. The van der Waals surface area contributed by atoms with Gasteiger partial charge in [-0.25, -0.2) is 4.98 Å². The highest BCUT2D eigenvalue weighted by Gasteiger charge is 2.15. The van der Waals surface area contributed by atoms with Crippen LogP contribution in [-0.2, 0) is 10.2 Å². The Hall–Kier alpha value is -2.95. The van der Waals surface area contributed by atoms with Crippen molar-refractivity contribution >= 4 is 44.2 Å². The van der Waals surface area contributed by atoms with Crippen molar-refractivity contribution in [3.8, 4) is 22.8 Å². The third-order valence-corrected chi connectivity index (χ3v) is 6.37. The molecular formula is C19H12ClFN2O5S2. The van der Waals surface area contributed by atoms with Gasteiger partial charge in [0.1, 0.15) is 0 Å². The molecule has 0 radical (unpaired) electrons. The zero-order valence-corrected chi connectivity index (χ0v) is 17.6. The molecule has 0 amide bonds. The number of aromatic nitrogens is 2. The van der Waals surface area contributed by atoms with Gasteiger partial charge in [0.25, 0.3) is 5.56 Å². The van der Waals surface area contributed by atoms with Crippen LogP contribution in [0.5, 0.6) is 11.5 Å². The number of rotatable bonds is 4. The molecule has 0 atom stereocenters. The lowest BCUT2D eigenvalue weighted by Gasteiger charge is -2.05. The molecule has 1 N–H and O–H groups in total. The number of imidazole rings is 1. The normalized spacial score (nSPS) is 12.6. The summed E-state index contributed by atoms with van der Waals surface area (Å²) in [6, 6.07) is 8.30. The van der Waals surface area contributed by atoms with Gasteiger partial charge in [-0.15, -0.1) is 3.89 Å². The van der Waals surface area contributed by atoms with Gasteiger partial charge in [-0.2, -0.15) is 8.42 Å². The largest absolute Gasteiger partial charge is 0.503 e. The van der Waals surface area contributed by atoms with E-state index in [9.17, 15) is 22.2 Å². The average molecular weight is 467 g/mol. The van der Waals surface area contributed by atoms with E-state index >= 15 is 0 Å². The maximum Gasteiger partial charge on any atom is 0.332 e. The summed E-state index contributed by atoms with van der Waals surface area (Å²) < 4.78 is 42.2. The maximum absolute atomic E-state index is 13.3. The smallest absolute Gasteiger partial charge is 0.332 e. The van der Waals surface area contributed by atoms with Crippen molar-refractivity contribution in [2.45, 2.75) is 4.90 Å². The second-order valence-corrected chi connectivity index (χ2v) is 8.98. The van der Waals surface area contributed by atoms with Gasteiger partial charge in [0.2, 0.25) is 0 Å². The van der Waals surface area contributed by atoms with Gasteiger partial charge < -0.3 is 9.84 Å². The van der Waals surface area contributed by atoms with E-state index in [0.29, 0.717) is 26.3 Å². The highest BCUT2D eigenvalue weighted by molar-refractivity contribution is 7.86. The molecule has 0 fully saturated rings. The van der Waals surface area contributed by atoms with Gasteiger partial charge >= 0.3 is 10.2 Å². The summed E-state index contributed by atoms with van der Waals surface area (Å²) in [5, 5.41) is 9.91. The van der Waals surface area contributed by atoms with E-state index in [-0.39, 0.29) is 22.1 Å². The summed E-state index contributed by atoms with van der Waals surface area (Å²) in [6.45, 7) is 0. The molecule has 4 aromatic rings. The van der Waals surface area contributed by atoms with Gasteiger partial charge in [0.15, 0.2) is 16.5 Å². The third kappa shape index (κ3) is 3.64. The van der Waals surface area contributed by atoms with Crippen molar-refractivity contribution in [2.24, 2.45) is 0 Å². The summed E-state index contributed by atoms with van der Waals surface area (Å²) in [5.41, 5.74) is 0.915. The fraction of sp³-hybridized carbons (Fsp3) is 0.0526. The Morgan fingerprint density at radius 2 is 2.07 bits per heavy atom. The van der Waals surface area contributed by atoms with Crippen LogP contribution in [0.3, 0.4) is 0 Å². The molecule has 0 saturated carbocycles. The first-order valence-electron chi connectivity index (χ1n) is 8.32. The molecule has 30 heavy (non-hydrogen) atoms. The minimum absolute atomic E-state index is 0.0827. The Balaban J connectivity index is 1.80. The highest BCUT2D eigenvalue weighted by atomic mass is 35.5. The minimum atomic E-state index is -4.85. The Morgan fingerprint density at radius 1 is 1.30 bits per heavy atom. The topological polar surface area (TPSA) is 98.0 Å². The lowest BCUT2D eigenvalue weighted by Crippen LogP contribution is -2.22. The number of halogens is 2. The molecule has 0 aliphatic heterocycles. The molecule has 0 saturated heterocycles. The number of thiazole rings is 1. The molecule has 0 unspecified atom stereocenters. The van der Waals surface area contributed by atoms with Crippen LogP contribution >= 0.6 is 22.9 Å². The monoisotopic (exact) mass is 466 g/mol. The minimum Gasteiger partial charge on any atom is -0.503 e. The molecule has 2 heterocycles. The molecule has 0 spiro atoms. The van der Waals surface area contributed by atoms with Crippen LogP contribution in [0.15, 0.2) is 52.3 Å². The Bertz CT molecular complexity index is 1510. The van der Waals surface area contributed by atoms with E-state index in [0.717, 1.165) is 23.5 Å². The van der Waals surface area contributed by atoms with Gasteiger partial charge in [-0.1, -0.05) is 35.1 Å². The van der Waals surface area contributed by atoms with Crippen LogP contribution < -0.4 is 14.8 Å². The lowest BCUT2D eigenvalue weighted by molar-refractivity contribution is 0.373. The zero-order valence-electron chi connectivity index (χ0n) is 15.2. The lowest BCUT2D eigenvalue weighted by atomic mass is 10.2. The number of phenolic OH excluding ortho intramolecular Hbond substituents is 1. The van der Waals surface area contributed by atoms with Crippen LogP contribution in [0.2, 0.25) is 5.02 Å². The van der Waals surface area contributed by atoms with E-state index in [1.807, 2.05) is 0 Å². The second kappa shape index (κ2) is 7.38. The Kier molecular flexibility index (Phi) is 5.00. The number of fused-ring (bicyclic) bond motifs is 1. The number of methoxy groups -OCH3 is 1. The zero-order chi connectivity index (χ0) is 21.6. The number of hydrogen-bond acceptors (Lipinski definition) is 7. The number of aromatic hydroxyl groups is 1. The fourth-order valence-corrected chi connectivity index (χ4v) is 4.55. The van der Waals surface area contributed by atoms with Gasteiger partial charge in [-0.3, -0.25) is 9.20 Å². The number of benzene rings is 2. The van der Waals surface area contributed by atoms with Gasteiger partial charge in [0, 0.05) is 11.8 Å². The van der Waals surface area contributed by atoms with E-state index in [2.05, 4.69) is 4.98 Å². The van der Waals surface area contributed by atoms with Crippen molar-refractivity contribution in [3.63, 3.8) is 0 Å². The number of ether oxygens (including phenoxy) is 1. The van der Waals surface area contributed by atoms with E-state index in [4.69, 9.17) is 16.3 Å². The van der Waals surface area contributed by atoms with E-state index < -0.39 is 15.1 Å². The summed E-state index contributed by atoms with van der Waals surface area (Å²) in [5.74, 6) is -0.0191. The highest BCUT2D eigenvalue weighted by Crippen LogP contribution is 2.35. The summed E-state index contributed by atoms with van der Waals surface area (Å²) >= 11 is 7.10. The van der Waals surface area contributed by atoms with Gasteiger partial charge in [0.05, 0.1) is 27.3 Å². The van der Waals surface area contributed by atoms with Crippen LogP contribution in [0.1, 0.15) is 5.56 Å². The van der Waals surface area contributed by atoms with Crippen molar-refractivity contribution in [1.29, 1.82) is 0 Å². The average Bonchev–Trinajstić information content (AvgIpc) is 3.24. The third-order valence-electron chi connectivity index (χ3n) is 4.28. The standard InChI is InChI=1S/C19H12ClFN2O5S2/c1-28-15-6-10(5-13(20)17(15)24)7-16-18(25)23-9-14(22-19(23)29-16)11-3-2-4-12(8-11)30(21,26)27/h2-9,24H,1H3/b16-7-. The molecule has 0 aliphatic carbocycles. The quantitative estimate of drug-likeness (QED) is 0.464. The molecule has 2 aromatic carbocycles. The first kappa shape index (κ1) is 20.3. The fourth-order valence-electron chi connectivity index (χ4n) is 2.86. The summed E-state index contributed by atoms with van der Waals surface area (Å²) in [7, 11) is -3.46. The molecule has 0 bridgehead atoms. The molecule has 4 rings (SSSR count). The van der Waals surface area contributed by atoms with Crippen molar-refractivity contribution in [3.05, 3.63) is 68.1 Å². The SMILES string of the molecule is COc1cc(/C=c2\sc3nc(-c4cccc(S(=O)(=O)F)c4)cn3c2=O)cc(Cl)c1O.